The van der Waals surface area contributed by atoms with E-state index in [2.05, 4.69) is 52.8 Å². The Balaban J connectivity index is 1.74. The summed E-state index contributed by atoms with van der Waals surface area (Å²) in [7, 11) is 2.14. The maximum Gasteiger partial charge on any atom is 0.303 e. The smallest absolute Gasteiger partial charge is 0.303 e. The van der Waals surface area contributed by atoms with Crippen molar-refractivity contribution in [3.8, 4) is 5.75 Å². The monoisotopic (exact) mass is 1140 g/mol. The predicted octanol–water partition coefficient (Wildman–Crippen LogP) is -4.02. The van der Waals surface area contributed by atoms with Gasteiger partial charge in [-0.3, -0.25) is 62.5 Å². The summed E-state index contributed by atoms with van der Waals surface area (Å²) >= 11 is 0. The average molecular weight is 1140 g/mol. The first kappa shape index (κ1) is 63.4. The number of guanidine groups is 1. The number of aromatic hydroxyl groups is 1. The van der Waals surface area contributed by atoms with Gasteiger partial charge in [-0.05, 0) is 55.4 Å². The minimum absolute atomic E-state index is 0.00870. The molecule has 2 heterocycles. The lowest BCUT2D eigenvalue weighted by atomic mass is 10.0. The van der Waals surface area contributed by atoms with Crippen LogP contribution >= 0.6 is 21.6 Å². The number of aliphatic carboxylic acids is 1. The number of primary amides is 1. The van der Waals surface area contributed by atoms with Gasteiger partial charge in [0.05, 0.1) is 19.6 Å². The van der Waals surface area contributed by atoms with Gasteiger partial charge in [-0.25, -0.2) is 0 Å². The second-order valence-electron chi connectivity index (χ2n) is 18.3. The quantitative estimate of drug-likeness (QED) is 0.0186. The SMILES string of the molecule is CC(=O)NCNC(=O)C[C@@H]1NC(=O)[C@H](CCC(=O)O)NC(=O)[C@H](Cc2ccccc2)NC(=O)[C@H](Cc2ccc(O)cc2)NC(=O)CCSSC[C@@H](C(=O)N2CCC[C@H]2C(=O)N[C@H](CCCN=C(N)N)C(=O)NCC(N)=O)NC1=O. The number of nitrogens with two attached hydrogens (primary N) is 3. The average Bonchev–Trinajstić information content (AvgIpc) is 3.97. The van der Waals surface area contributed by atoms with Crippen LogP contribution in [0.4, 0.5) is 0 Å². The van der Waals surface area contributed by atoms with Gasteiger partial charge in [-0.1, -0.05) is 64.1 Å². The number of carboxylic acids is 1. The summed E-state index contributed by atoms with van der Waals surface area (Å²) in [6.07, 6.45) is -1.97. The Morgan fingerprint density at radius 1 is 0.772 bits per heavy atom. The molecule has 2 saturated heterocycles. The molecule has 0 unspecified atom stereocenters. The van der Waals surface area contributed by atoms with Gasteiger partial charge in [-0.15, -0.1) is 0 Å². The van der Waals surface area contributed by atoms with Crippen molar-refractivity contribution < 1.29 is 67.7 Å². The summed E-state index contributed by atoms with van der Waals surface area (Å²) in [5, 5.41) is 42.2. The Morgan fingerprint density at radius 2 is 1.39 bits per heavy atom. The molecule has 11 amide bonds. The number of carboxylic acid groups (broad SMARTS) is 1. The van der Waals surface area contributed by atoms with Crippen molar-refractivity contribution in [3.63, 3.8) is 0 Å². The third kappa shape index (κ3) is 22.8. The molecule has 4 rings (SSSR count). The number of amides is 11. The lowest BCUT2D eigenvalue weighted by Crippen LogP contribution is -2.61. The number of nitrogens with zero attached hydrogens (tertiary/aromatic N) is 2. The van der Waals surface area contributed by atoms with Crippen LogP contribution in [0.1, 0.15) is 69.4 Å². The number of carbonyl (C=O) groups is 12. The number of hydrogen-bond donors (Lipinski definition) is 14. The number of likely N-dealkylation sites (tertiary alicyclic amines) is 1. The van der Waals surface area contributed by atoms with Crippen LogP contribution in [0.5, 0.6) is 5.75 Å². The van der Waals surface area contributed by atoms with E-state index in [1.165, 1.54) is 36.1 Å². The topological polar surface area (TPSA) is 447 Å². The maximum atomic E-state index is 14.7. The predicted molar refractivity (Wildman–Crippen MR) is 288 cm³/mol. The van der Waals surface area contributed by atoms with E-state index in [1.807, 2.05) is 0 Å². The highest BCUT2D eigenvalue weighted by molar-refractivity contribution is 8.76. The summed E-state index contributed by atoms with van der Waals surface area (Å²) in [5.74, 6) is -11.1. The van der Waals surface area contributed by atoms with Crippen molar-refractivity contribution >= 4 is 98.5 Å². The summed E-state index contributed by atoms with van der Waals surface area (Å²) in [6, 6.07) is 3.93. The van der Waals surface area contributed by atoms with Crippen molar-refractivity contribution in [2.45, 2.75) is 113 Å². The standard InChI is InChI=1S/C49H68N14O14S2/c1-27(64)55-26-56-40(68)23-35-46(75)62-36(48(77)63-19-6-10-37(63)47(76)59-31(9-5-18-53-49(51)52)42(71)54-24-38(50)66)25-79-78-20-17-39(67)57-33(22-29-11-13-30(65)14-12-29)44(73)60-34(21-28-7-3-2-4-8-28)45(74)58-32(43(72)61-35)15-16-41(69)70/h2-4,7-8,11-14,31-37,65H,5-6,9-10,15-26H2,1H3,(H2,50,66)(H,54,71)(H,55,64)(H,56,68)(H,57,67)(H,58,74)(H,59,76)(H,60,73)(H,61,72)(H,62,75)(H,69,70)(H4,51,52,53)/t31-,32+,33+,34+,35+,36+,37+/m1/s1. The molecule has 0 radical (unpaired) electrons. The fraction of sp³-hybridized carbons (Fsp3) is 0.490. The minimum Gasteiger partial charge on any atom is -0.508 e. The Labute approximate surface area is 462 Å². The molecule has 2 fully saturated rings. The van der Waals surface area contributed by atoms with Crippen molar-refractivity contribution in [2.24, 2.45) is 22.2 Å². The lowest BCUT2D eigenvalue weighted by molar-refractivity contribution is -0.142. The number of hydrogen-bond acceptors (Lipinski definition) is 16. The Kier molecular flexibility index (Phi) is 26.1. The number of phenolic OH excluding ortho intramolecular Hbond substituents is 1. The van der Waals surface area contributed by atoms with Crippen molar-refractivity contribution in [3.05, 3.63) is 65.7 Å². The van der Waals surface area contributed by atoms with Crippen LogP contribution in [0.25, 0.3) is 0 Å². The largest absolute Gasteiger partial charge is 0.508 e. The number of benzene rings is 2. The molecule has 0 aromatic heterocycles. The molecule has 2 aromatic rings. The molecule has 2 aliphatic rings. The number of rotatable bonds is 21. The highest BCUT2D eigenvalue weighted by atomic mass is 33.1. The molecular formula is C49H68N14O14S2. The second kappa shape index (κ2) is 32.6. The highest BCUT2D eigenvalue weighted by Crippen LogP contribution is 2.26. The van der Waals surface area contributed by atoms with Gasteiger partial charge in [-0.2, -0.15) is 0 Å². The van der Waals surface area contributed by atoms with Gasteiger partial charge in [0.15, 0.2) is 5.96 Å². The number of phenols is 1. The van der Waals surface area contributed by atoms with Crippen molar-refractivity contribution in [1.82, 2.24) is 52.8 Å². The van der Waals surface area contributed by atoms with E-state index in [0.717, 1.165) is 21.6 Å². The zero-order chi connectivity index (χ0) is 58.0. The van der Waals surface area contributed by atoms with Gasteiger partial charge in [0.1, 0.15) is 48.0 Å². The Hall–Kier alpha value is -8.15. The third-order valence-corrected chi connectivity index (χ3v) is 14.5. The first-order valence-electron chi connectivity index (χ1n) is 25.1. The Morgan fingerprint density at radius 3 is 2.04 bits per heavy atom. The summed E-state index contributed by atoms with van der Waals surface area (Å²) < 4.78 is 0. The van der Waals surface area contributed by atoms with Gasteiger partial charge in [0, 0.05) is 57.2 Å². The van der Waals surface area contributed by atoms with Crippen LogP contribution in [0.2, 0.25) is 0 Å². The number of nitrogens with one attached hydrogen (secondary N) is 9. The molecule has 0 spiro atoms. The van der Waals surface area contributed by atoms with Crippen molar-refractivity contribution in [1.29, 1.82) is 0 Å². The summed E-state index contributed by atoms with van der Waals surface area (Å²) in [4.78, 5) is 166. The molecule has 0 saturated carbocycles. The van der Waals surface area contributed by atoms with E-state index in [9.17, 15) is 67.7 Å². The molecule has 30 heteroatoms. The first-order chi connectivity index (χ1) is 37.6. The molecule has 17 N–H and O–H groups in total. The van der Waals surface area contributed by atoms with Crippen LogP contribution in [0, 0.1) is 0 Å². The molecule has 0 bridgehead atoms. The fourth-order valence-corrected chi connectivity index (χ4v) is 10.2. The van der Waals surface area contributed by atoms with Gasteiger partial charge >= 0.3 is 5.97 Å². The van der Waals surface area contributed by atoms with E-state index < -0.39 is 146 Å². The van der Waals surface area contributed by atoms with E-state index in [-0.39, 0.29) is 74.8 Å². The first-order valence-corrected chi connectivity index (χ1v) is 27.6. The number of carbonyl (C=O) groups excluding carboxylic acids is 11. The lowest BCUT2D eigenvalue weighted by Gasteiger charge is -2.31. The molecule has 28 nitrogen and oxygen atoms in total. The molecule has 2 aliphatic heterocycles. The van der Waals surface area contributed by atoms with Gasteiger partial charge < -0.3 is 80.2 Å². The summed E-state index contributed by atoms with van der Waals surface area (Å²) in [6.45, 7) is 0.316. The normalized spacial score (nSPS) is 21.0. The van der Waals surface area contributed by atoms with Gasteiger partial charge in [0.25, 0.3) is 0 Å². The molecule has 79 heavy (non-hydrogen) atoms. The van der Waals surface area contributed by atoms with Crippen molar-refractivity contribution in [2.75, 3.05) is 37.8 Å². The molecule has 430 valence electrons. The van der Waals surface area contributed by atoms with Crippen LogP contribution in [-0.2, 0) is 70.4 Å². The number of aliphatic imine (C=N–C) groups is 1. The fourth-order valence-electron chi connectivity index (χ4n) is 8.09. The zero-order valence-corrected chi connectivity index (χ0v) is 44.9. The molecule has 0 aliphatic carbocycles. The Bertz CT molecular complexity index is 2540. The molecular weight excluding hydrogens is 1070 g/mol. The van der Waals surface area contributed by atoms with E-state index in [1.54, 1.807) is 30.3 Å². The van der Waals surface area contributed by atoms with E-state index in [0.29, 0.717) is 17.5 Å². The highest BCUT2D eigenvalue weighted by Gasteiger charge is 2.40. The van der Waals surface area contributed by atoms with Crippen LogP contribution in [0.3, 0.4) is 0 Å². The summed E-state index contributed by atoms with van der Waals surface area (Å²) in [5.41, 5.74) is 17.1. The minimum atomic E-state index is -1.85. The van der Waals surface area contributed by atoms with Crippen LogP contribution in [-0.4, -0.2) is 172 Å². The van der Waals surface area contributed by atoms with Crippen LogP contribution in [0.15, 0.2) is 59.6 Å². The third-order valence-electron chi connectivity index (χ3n) is 12.1. The molecule has 7 atom stereocenters. The maximum absolute atomic E-state index is 14.7. The van der Waals surface area contributed by atoms with E-state index >= 15 is 0 Å². The zero-order valence-electron chi connectivity index (χ0n) is 43.3. The molecule has 2 aromatic carbocycles. The van der Waals surface area contributed by atoms with Gasteiger partial charge in [0.2, 0.25) is 65.0 Å². The van der Waals surface area contributed by atoms with E-state index in [4.69, 9.17) is 17.2 Å². The second-order valence-corrected chi connectivity index (χ2v) is 20.9. The van der Waals surface area contributed by atoms with Crippen LogP contribution < -0.4 is 65.1 Å².